The second-order valence-corrected chi connectivity index (χ2v) is 7.61. The molecule has 3 aromatic carbocycles. The molecule has 3 aromatic rings. The summed E-state index contributed by atoms with van der Waals surface area (Å²) in [6.07, 6.45) is 0. The second kappa shape index (κ2) is 6.29. The molecule has 146 valence electrons. The van der Waals surface area contributed by atoms with E-state index < -0.39 is 22.2 Å². The zero-order valence-corrected chi connectivity index (χ0v) is 15.6. The maximum absolute atomic E-state index is 13.4. The lowest BCUT2D eigenvalue weighted by Crippen LogP contribution is -2.23. The summed E-state index contributed by atoms with van der Waals surface area (Å²) in [4.78, 5) is 50.6. The van der Waals surface area contributed by atoms with Gasteiger partial charge in [0.25, 0.3) is 5.69 Å². The van der Waals surface area contributed by atoms with E-state index in [-0.39, 0.29) is 28.6 Å². The fraction of sp³-hybridized carbons (Fsp3) is 0.125. The van der Waals surface area contributed by atoms with E-state index in [0.29, 0.717) is 11.1 Å². The van der Waals surface area contributed by atoms with E-state index in [9.17, 15) is 24.5 Å². The Hall–Kier alpha value is -3.93. The molecule has 0 aromatic heterocycles. The van der Waals surface area contributed by atoms with Crippen molar-refractivity contribution in [3.05, 3.63) is 111 Å². The van der Waals surface area contributed by atoms with Gasteiger partial charge >= 0.3 is 0 Å². The lowest BCUT2D eigenvalue weighted by molar-refractivity contribution is -0.384. The number of carbonyl (C=O) groups excluding carboxylic acids is 3. The third kappa shape index (κ3) is 2.27. The van der Waals surface area contributed by atoms with E-state index in [1.54, 1.807) is 24.3 Å². The lowest BCUT2D eigenvalue weighted by Gasteiger charge is -2.06. The topological polar surface area (TPSA) is 94.3 Å². The minimum Gasteiger partial charge on any atom is -0.294 e. The second-order valence-electron chi connectivity index (χ2n) is 7.61. The van der Waals surface area contributed by atoms with Gasteiger partial charge in [0.1, 0.15) is 5.41 Å². The quantitative estimate of drug-likeness (QED) is 0.284. The first kappa shape index (κ1) is 18.1. The molecule has 0 bridgehead atoms. The maximum Gasteiger partial charge on any atom is 0.269 e. The lowest BCUT2D eigenvalue weighted by atomic mass is 9.91. The first-order chi connectivity index (χ1) is 14.5. The van der Waals surface area contributed by atoms with Crippen molar-refractivity contribution in [1.29, 1.82) is 0 Å². The van der Waals surface area contributed by atoms with Gasteiger partial charge in [-0.3, -0.25) is 24.5 Å². The van der Waals surface area contributed by atoms with E-state index in [0.717, 1.165) is 5.56 Å². The summed E-state index contributed by atoms with van der Waals surface area (Å²) in [5.74, 6) is -2.40. The number of benzene rings is 3. The van der Waals surface area contributed by atoms with Crippen LogP contribution in [-0.4, -0.2) is 22.3 Å². The highest BCUT2D eigenvalue weighted by Gasteiger charge is 2.78. The van der Waals surface area contributed by atoms with E-state index in [1.807, 2.05) is 30.3 Å². The van der Waals surface area contributed by atoms with Gasteiger partial charge in [-0.25, -0.2) is 0 Å². The van der Waals surface area contributed by atoms with Gasteiger partial charge in [0.15, 0.2) is 17.3 Å². The Balaban J connectivity index is 1.61. The van der Waals surface area contributed by atoms with Gasteiger partial charge in [-0.15, -0.1) is 0 Å². The smallest absolute Gasteiger partial charge is 0.269 e. The maximum atomic E-state index is 13.4. The molecule has 0 amide bonds. The van der Waals surface area contributed by atoms with Crippen LogP contribution in [0.25, 0.3) is 0 Å². The van der Waals surface area contributed by atoms with Crippen molar-refractivity contribution in [2.45, 2.75) is 5.92 Å². The number of ketones is 3. The molecule has 0 saturated heterocycles. The Labute approximate surface area is 171 Å². The summed E-state index contributed by atoms with van der Waals surface area (Å²) in [5, 5.41) is 10.9. The average Bonchev–Trinajstić information content (AvgIpc) is 3.44. The Bertz CT molecular complexity index is 1190. The van der Waals surface area contributed by atoms with Crippen LogP contribution < -0.4 is 0 Å². The minimum atomic E-state index is -1.44. The number of non-ortho nitro benzene ring substituents is 1. The average molecular weight is 397 g/mol. The van der Waals surface area contributed by atoms with Crippen LogP contribution in [0.4, 0.5) is 5.69 Å². The van der Waals surface area contributed by atoms with Crippen LogP contribution in [0.1, 0.15) is 42.6 Å². The molecule has 6 nitrogen and oxygen atoms in total. The van der Waals surface area contributed by atoms with Crippen molar-refractivity contribution in [2.75, 3.05) is 0 Å². The van der Waals surface area contributed by atoms with Gasteiger partial charge < -0.3 is 0 Å². The van der Waals surface area contributed by atoms with E-state index >= 15 is 0 Å². The molecule has 0 aliphatic heterocycles. The molecule has 5 rings (SSSR count). The number of hydrogen-bond acceptors (Lipinski definition) is 5. The van der Waals surface area contributed by atoms with E-state index in [4.69, 9.17) is 0 Å². The molecular weight excluding hydrogens is 382 g/mol. The van der Waals surface area contributed by atoms with Crippen molar-refractivity contribution in [3.8, 4) is 0 Å². The van der Waals surface area contributed by atoms with Gasteiger partial charge in [-0.2, -0.15) is 0 Å². The predicted octanol–water partition coefficient (Wildman–Crippen LogP) is 4.26. The van der Waals surface area contributed by atoms with Crippen molar-refractivity contribution >= 4 is 23.0 Å². The molecule has 1 spiro atoms. The van der Waals surface area contributed by atoms with E-state index in [1.165, 1.54) is 24.3 Å². The number of rotatable bonds is 4. The number of fused-ring (bicyclic) bond motifs is 1. The first-order valence-corrected chi connectivity index (χ1v) is 9.50. The van der Waals surface area contributed by atoms with Crippen LogP contribution in [0.5, 0.6) is 0 Å². The number of hydrogen-bond donors (Lipinski definition) is 0. The van der Waals surface area contributed by atoms with Crippen LogP contribution in [-0.2, 0) is 0 Å². The highest BCUT2D eigenvalue weighted by atomic mass is 16.6. The van der Waals surface area contributed by atoms with Crippen molar-refractivity contribution < 1.29 is 19.3 Å². The van der Waals surface area contributed by atoms with Crippen LogP contribution >= 0.6 is 0 Å². The fourth-order valence-electron chi connectivity index (χ4n) is 4.78. The molecule has 0 N–H and O–H groups in total. The molecule has 1 fully saturated rings. The molecule has 2 aliphatic rings. The summed E-state index contributed by atoms with van der Waals surface area (Å²) in [5.41, 5.74) is 0.137. The third-order valence-corrected chi connectivity index (χ3v) is 6.18. The van der Waals surface area contributed by atoms with Gasteiger partial charge in [0.05, 0.1) is 10.8 Å². The van der Waals surface area contributed by atoms with E-state index in [2.05, 4.69) is 0 Å². The highest BCUT2D eigenvalue weighted by Crippen LogP contribution is 2.70. The number of nitro groups is 1. The fourth-order valence-corrected chi connectivity index (χ4v) is 4.78. The predicted molar refractivity (Wildman–Crippen MR) is 108 cm³/mol. The number of nitrogens with zero attached hydrogens (tertiary/aromatic N) is 1. The largest absolute Gasteiger partial charge is 0.294 e. The molecule has 6 heteroatoms. The highest BCUT2D eigenvalue weighted by molar-refractivity contribution is 6.35. The van der Waals surface area contributed by atoms with Gasteiger partial charge in [0, 0.05) is 34.7 Å². The Morgan fingerprint density at radius 2 is 1.33 bits per heavy atom. The summed E-state index contributed by atoms with van der Waals surface area (Å²) in [7, 11) is 0. The SMILES string of the molecule is O=C(c1ccc([N+](=O)[O-])cc1)[C@H]1[C@H](c2ccccc2)C12C(=O)c1ccccc1C2=O. The zero-order valence-electron chi connectivity index (χ0n) is 15.6. The standard InChI is InChI=1S/C24H15NO5/c26-21(15-10-12-16(13-11-15)25(29)30)20-19(14-6-2-1-3-7-14)24(20)22(27)17-8-4-5-9-18(17)23(24)28/h1-13,19-20H/t19-,20+/m0/s1. The summed E-state index contributed by atoms with van der Waals surface area (Å²) >= 11 is 0. The van der Waals surface area contributed by atoms with Crippen molar-refractivity contribution in [2.24, 2.45) is 11.3 Å². The molecular formula is C24H15NO5. The van der Waals surface area contributed by atoms with Gasteiger partial charge in [0.2, 0.25) is 0 Å². The molecule has 0 unspecified atom stereocenters. The molecule has 1 saturated carbocycles. The van der Waals surface area contributed by atoms with Gasteiger partial charge in [-0.1, -0.05) is 54.6 Å². The third-order valence-electron chi connectivity index (χ3n) is 6.18. The van der Waals surface area contributed by atoms with Gasteiger partial charge in [-0.05, 0) is 17.7 Å². The van der Waals surface area contributed by atoms with Crippen LogP contribution in [0.3, 0.4) is 0 Å². The Morgan fingerprint density at radius 3 is 1.87 bits per heavy atom. The monoisotopic (exact) mass is 397 g/mol. The van der Waals surface area contributed by atoms with Crippen LogP contribution in [0.15, 0.2) is 78.9 Å². The number of nitro benzene ring substituents is 1. The minimum absolute atomic E-state index is 0.128. The summed E-state index contributed by atoms with van der Waals surface area (Å²) < 4.78 is 0. The van der Waals surface area contributed by atoms with Crippen LogP contribution in [0, 0.1) is 21.4 Å². The Morgan fingerprint density at radius 1 is 0.800 bits per heavy atom. The van der Waals surface area contributed by atoms with Crippen molar-refractivity contribution in [1.82, 2.24) is 0 Å². The number of carbonyl (C=O) groups is 3. The molecule has 2 atom stereocenters. The zero-order chi connectivity index (χ0) is 21.0. The Kier molecular flexibility index (Phi) is 3.80. The normalized spacial score (nSPS) is 20.8. The molecule has 2 aliphatic carbocycles. The molecule has 30 heavy (non-hydrogen) atoms. The van der Waals surface area contributed by atoms with Crippen LogP contribution in [0.2, 0.25) is 0 Å². The molecule has 0 heterocycles. The molecule has 0 radical (unpaired) electrons. The number of Topliss-reactive ketones (excluding diaryl/α,β-unsaturated/α-hetero) is 3. The van der Waals surface area contributed by atoms with Crippen molar-refractivity contribution in [3.63, 3.8) is 0 Å². The summed E-state index contributed by atoms with van der Waals surface area (Å²) in [6.45, 7) is 0. The summed E-state index contributed by atoms with van der Waals surface area (Å²) in [6, 6.07) is 21.0. The first-order valence-electron chi connectivity index (χ1n) is 9.50.